The van der Waals surface area contributed by atoms with Crippen LogP contribution in [0.2, 0.25) is 0 Å². The minimum atomic E-state index is -1.59. The van der Waals surface area contributed by atoms with Crippen LogP contribution in [-0.2, 0) is 39.9 Å². The van der Waals surface area contributed by atoms with Gasteiger partial charge in [0.25, 0.3) is 0 Å². The molecule has 0 saturated carbocycles. The largest absolute Gasteiger partial charge is 0.508 e. The van der Waals surface area contributed by atoms with E-state index in [0.29, 0.717) is 13.0 Å². The Morgan fingerprint density at radius 2 is 1.73 bits per heavy atom. The number of fused-ring (bicyclic) bond motifs is 1. The molecule has 1 heterocycles. The van der Waals surface area contributed by atoms with Crippen molar-refractivity contribution in [3.05, 3.63) is 30.0 Å². The summed E-state index contributed by atoms with van der Waals surface area (Å²) in [4.78, 5) is 74.9. The number of aromatic amines is 1. The number of H-pyrrole nitrogens is 1. The van der Waals surface area contributed by atoms with Crippen LogP contribution in [0.4, 0.5) is 0 Å². The predicted octanol–water partition coefficient (Wildman–Crippen LogP) is -0.768. The molecule has 45 heavy (non-hydrogen) atoms. The minimum Gasteiger partial charge on any atom is -0.508 e. The average molecular weight is 652 g/mol. The van der Waals surface area contributed by atoms with Crippen molar-refractivity contribution in [3.63, 3.8) is 0 Å². The number of ether oxygens (including phenoxy) is 1. The maximum Gasteiger partial charge on any atom is 0.331 e. The maximum atomic E-state index is 12.4. The number of hydrogen-bond donors (Lipinski definition) is 8. The van der Waals surface area contributed by atoms with Crippen LogP contribution in [0.1, 0.15) is 39.2 Å². The molecule has 0 aliphatic carbocycles. The van der Waals surface area contributed by atoms with Crippen LogP contribution in [0.15, 0.2) is 24.4 Å². The molecule has 2 atom stereocenters. The lowest BCUT2D eigenvalue weighted by Gasteiger charge is -2.29. The molecule has 0 fully saturated rings. The third-order valence-electron chi connectivity index (χ3n) is 6.53. The maximum absolute atomic E-state index is 12.4. The summed E-state index contributed by atoms with van der Waals surface area (Å²) in [5.41, 5.74) is 0.572. The number of hydrogen-bond acceptors (Lipinski definition) is 11. The Bertz CT molecular complexity index is 1360. The summed E-state index contributed by atoms with van der Waals surface area (Å²) in [6, 6.07) is 3.71. The third-order valence-corrected chi connectivity index (χ3v) is 7.41. The summed E-state index contributed by atoms with van der Waals surface area (Å²) in [6.45, 7) is 3.45. The zero-order valence-electron chi connectivity index (χ0n) is 25.4. The van der Waals surface area contributed by atoms with E-state index >= 15 is 0 Å². The van der Waals surface area contributed by atoms with Crippen molar-refractivity contribution in [1.82, 2.24) is 26.3 Å². The van der Waals surface area contributed by atoms with E-state index in [1.54, 1.807) is 24.4 Å². The van der Waals surface area contributed by atoms with Gasteiger partial charge in [-0.25, -0.2) is 4.79 Å². The van der Waals surface area contributed by atoms with Crippen LogP contribution >= 0.6 is 11.8 Å². The number of aromatic nitrogens is 1. The molecule has 248 valence electrons. The number of esters is 1. The number of thioether (sulfide) groups is 1. The highest BCUT2D eigenvalue weighted by atomic mass is 32.2. The molecule has 4 amide bonds. The SMILES string of the molecule is CC(=O)N[C@@H](CO)C(=O)OCC(C)(C)[C@@H](O)C(=O)NCCC(=O)NCCSC(=O)CC(=O)NCCc1c[nH]c2ccc(O)cc12. The van der Waals surface area contributed by atoms with Gasteiger partial charge in [0.2, 0.25) is 23.6 Å². The summed E-state index contributed by atoms with van der Waals surface area (Å²) >= 11 is 0.909. The lowest BCUT2D eigenvalue weighted by Crippen LogP contribution is -2.48. The van der Waals surface area contributed by atoms with Crippen LogP contribution in [0.5, 0.6) is 5.75 Å². The van der Waals surface area contributed by atoms with Gasteiger partial charge in [0.15, 0.2) is 11.2 Å². The van der Waals surface area contributed by atoms with Crippen molar-refractivity contribution in [1.29, 1.82) is 0 Å². The average Bonchev–Trinajstić information content (AvgIpc) is 3.38. The molecule has 0 bridgehead atoms. The van der Waals surface area contributed by atoms with Crippen LogP contribution in [0.3, 0.4) is 0 Å². The Labute approximate surface area is 264 Å². The van der Waals surface area contributed by atoms with Gasteiger partial charge in [-0.2, -0.15) is 0 Å². The Balaban J connectivity index is 1.58. The first-order valence-electron chi connectivity index (χ1n) is 14.2. The molecule has 15 nitrogen and oxygen atoms in total. The Morgan fingerprint density at radius 1 is 1.02 bits per heavy atom. The Morgan fingerprint density at radius 3 is 2.42 bits per heavy atom. The van der Waals surface area contributed by atoms with Gasteiger partial charge in [-0.15, -0.1) is 0 Å². The number of nitrogens with one attached hydrogen (secondary N) is 5. The Kier molecular flexibility index (Phi) is 14.8. The van der Waals surface area contributed by atoms with Crippen molar-refractivity contribution in [2.45, 2.75) is 52.2 Å². The van der Waals surface area contributed by atoms with E-state index in [2.05, 4.69) is 26.3 Å². The zero-order chi connectivity index (χ0) is 33.6. The van der Waals surface area contributed by atoms with Gasteiger partial charge in [0.1, 0.15) is 11.9 Å². The summed E-state index contributed by atoms with van der Waals surface area (Å²) in [5.74, 6) is -2.68. The smallest absolute Gasteiger partial charge is 0.331 e. The fraction of sp³-hybridized carbons (Fsp3) is 0.517. The molecule has 8 N–H and O–H groups in total. The van der Waals surface area contributed by atoms with Crippen LogP contribution in [0.25, 0.3) is 10.9 Å². The van der Waals surface area contributed by atoms with Crippen molar-refractivity contribution < 1.29 is 48.8 Å². The zero-order valence-corrected chi connectivity index (χ0v) is 26.3. The number of aliphatic hydroxyl groups excluding tert-OH is 2. The molecule has 0 aliphatic rings. The van der Waals surface area contributed by atoms with Gasteiger partial charge in [0, 0.05) is 61.2 Å². The molecule has 0 saturated heterocycles. The molecular formula is C29H41N5O10S. The number of rotatable bonds is 18. The van der Waals surface area contributed by atoms with Crippen molar-refractivity contribution in [3.8, 4) is 5.75 Å². The Hall–Kier alpha value is -4.15. The first kappa shape index (κ1) is 37.0. The van der Waals surface area contributed by atoms with Crippen LogP contribution < -0.4 is 21.3 Å². The van der Waals surface area contributed by atoms with Gasteiger partial charge >= 0.3 is 5.97 Å². The number of phenolic OH excluding ortho intramolecular Hbond substituents is 1. The third kappa shape index (κ3) is 12.8. The second-order valence-electron chi connectivity index (χ2n) is 10.9. The molecule has 2 rings (SSSR count). The van der Waals surface area contributed by atoms with E-state index in [9.17, 15) is 44.1 Å². The van der Waals surface area contributed by atoms with Gasteiger partial charge in [-0.1, -0.05) is 25.6 Å². The van der Waals surface area contributed by atoms with Crippen LogP contribution in [0, 0.1) is 5.41 Å². The fourth-order valence-corrected chi connectivity index (χ4v) is 4.68. The monoisotopic (exact) mass is 651 g/mol. The molecular weight excluding hydrogens is 610 g/mol. The summed E-state index contributed by atoms with van der Waals surface area (Å²) in [6.07, 6.45) is 0.320. The van der Waals surface area contributed by atoms with Gasteiger partial charge in [-0.05, 0) is 30.2 Å². The molecule has 0 aliphatic heterocycles. The molecule has 0 radical (unpaired) electrons. The van der Waals surface area contributed by atoms with E-state index in [1.807, 2.05) is 0 Å². The predicted molar refractivity (Wildman–Crippen MR) is 165 cm³/mol. The fourth-order valence-electron chi connectivity index (χ4n) is 4.01. The second-order valence-corrected chi connectivity index (χ2v) is 12.0. The molecule has 16 heteroatoms. The van der Waals surface area contributed by atoms with Gasteiger partial charge < -0.3 is 46.3 Å². The van der Waals surface area contributed by atoms with E-state index in [0.717, 1.165) is 28.2 Å². The van der Waals surface area contributed by atoms with E-state index in [4.69, 9.17) is 4.74 Å². The van der Waals surface area contributed by atoms with Gasteiger partial charge in [0.05, 0.1) is 19.6 Å². The standard InChI is InChI=1S/C29H41N5O10S/c1-17(36)34-22(15-35)28(43)44-16-29(2,3)26(41)27(42)32-9-7-23(38)31-10-11-45-25(40)13-24(39)30-8-6-18-14-33-21-5-4-19(37)12-20(18)21/h4-5,12,14,22,26,33,35,37,41H,6-11,13,15-16H2,1-3H3,(H,30,39)(H,31,38)(H,32,42)(H,34,36)/t22-,26-/m0/s1. The first-order chi connectivity index (χ1) is 21.2. The number of aromatic hydroxyl groups is 1. The van der Waals surface area contributed by atoms with Crippen molar-refractivity contribution in [2.75, 3.05) is 38.6 Å². The molecule has 1 aromatic heterocycles. The highest BCUT2D eigenvalue weighted by Crippen LogP contribution is 2.23. The molecule has 0 spiro atoms. The number of aliphatic hydroxyl groups is 2. The molecule has 1 aromatic carbocycles. The first-order valence-corrected chi connectivity index (χ1v) is 15.2. The van der Waals surface area contributed by atoms with Gasteiger partial charge in [-0.3, -0.25) is 24.0 Å². The van der Waals surface area contributed by atoms with Crippen molar-refractivity contribution in [2.24, 2.45) is 5.41 Å². The summed E-state index contributed by atoms with van der Waals surface area (Å²) in [5, 5.41) is 39.7. The number of amides is 4. The lowest BCUT2D eigenvalue weighted by molar-refractivity contribution is -0.157. The summed E-state index contributed by atoms with van der Waals surface area (Å²) < 4.78 is 5.04. The number of benzene rings is 1. The van der Waals surface area contributed by atoms with E-state index in [-0.39, 0.29) is 49.2 Å². The van der Waals surface area contributed by atoms with E-state index < -0.39 is 53.8 Å². The molecule has 2 aromatic rings. The number of carbonyl (C=O) groups is 6. The number of phenols is 1. The highest BCUT2D eigenvalue weighted by Gasteiger charge is 2.35. The lowest BCUT2D eigenvalue weighted by atomic mass is 9.87. The van der Waals surface area contributed by atoms with E-state index in [1.165, 1.54) is 20.8 Å². The second kappa shape index (κ2) is 18.0. The van der Waals surface area contributed by atoms with Crippen LogP contribution in [-0.4, -0.2) is 106 Å². The van der Waals surface area contributed by atoms with Crippen molar-refractivity contribution >= 4 is 57.4 Å². The topological polar surface area (TPSA) is 236 Å². The molecule has 0 unspecified atom stereocenters. The highest BCUT2D eigenvalue weighted by molar-refractivity contribution is 8.13. The minimum absolute atomic E-state index is 0.0847. The normalized spacial score (nSPS) is 12.6. The number of carbonyl (C=O) groups excluding carboxylic acids is 6. The quantitative estimate of drug-likeness (QED) is 0.0566. The summed E-state index contributed by atoms with van der Waals surface area (Å²) in [7, 11) is 0.